The van der Waals surface area contributed by atoms with E-state index in [4.69, 9.17) is 14.2 Å². The molecule has 5 heteroatoms. The van der Waals surface area contributed by atoms with Crippen molar-refractivity contribution in [1.82, 2.24) is 0 Å². The van der Waals surface area contributed by atoms with Gasteiger partial charge in [0, 0.05) is 19.4 Å². The highest BCUT2D eigenvalue weighted by Crippen LogP contribution is 2.12. The lowest BCUT2D eigenvalue weighted by Gasteiger charge is -2.18. The van der Waals surface area contributed by atoms with Crippen molar-refractivity contribution in [2.24, 2.45) is 0 Å². The Hall–Kier alpha value is -2.40. The Morgan fingerprint density at radius 2 is 0.904 bits per heavy atom. The van der Waals surface area contributed by atoms with E-state index in [2.05, 4.69) is 81.5 Å². The van der Waals surface area contributed by atoms with Crippen LogP contribution in [0.25, 0.3) is 0 Å². The number of hydrogen-bond donors (Lipinski definition) is 0. The molecule has 1 atom stereocenters. The van der Waals surface area contributed by atoms with E-state index in [-0.39, 0.29) is 25.2 Å². The van der Waals surface area contributed by atoms with E-state index in [0.29, 0.717) is 19.4 Å². The number of hydrogen-bond acceptors (Lipinski definition) is 5. The first-order valence-corrected chi connectivity index (χ1v) is 21.8. The average Bonchev–Trinajstić information content (AvgIpc) is 3.14. The molecule has 0 aromatic heterocycles. The molecule has 300 valence electrons. The molecule has 0 heterocycles. The van der Waals surface area contributed by atoms with Crippen molar-refractivity contribution >= 4 is 11.9 Å². The van der Waals surface area contributed by atoms with E-state index in [1.165, 1.54) is 77.0 Å². The number of ether oxygens (including phenoxy) is 3. The van der Waals surface area contributed by atoms with Gasteiger partial charge in [-0.1, -0.05) is 171 Å². The summed E-state index contributed by atoms with van der Waals surface area (Å²) in [4.78, 5) is 25.2. The predicted octanol–water partition coefficient (Wildman–Crippen LogP) is 14.2. The summed E-state index contributed by atoms with van der Waals surface area (Å²) in [5.41, 5.74) is 0. The lowest BCUT2D eigenvalue weighted by atomic mass is 10.1. The number of allylic oxidation sites excluding steroid dienone is 10. The van der Waals surface area contributed by atoms with Crippen molar-refractivity contribution in [3.8, 4) is 0 Å². The van der Waals surface area contributed by atoms with Gasteiger partial charge < -0.3 is 14.2 Å². The normalized spacial score (nSPS) is 12.8. The van der Waals surface area contributed by atoms with Gasteiger partial charge in [-0.15, -0.1) is 0 Å². The number of carbonyl (C=O) groups excluding carboxylic acids is 2. The topological polar surface area (TPSA) is 61.8 Å². The summed E-state index contributed by atoms with van der Waals surface area (Å²) in [6.45, 7) is 7.60. The molecule has 0 saturated heterocycles. The largest absolute Gasteiger partial charge is 0.462 e. The molecule has 52 heavy (non-hydrogen) atoms. The van der Waals surface area contributed by atoms with Crippen molar-refractivity contribution in [1.29, 1.82) is 0 Å². The zero-order chi connectivity index (χ0) is 37.8. The molecule has 0 N–H and O–H groups in total. The Labute approximate surface area is 322 Å². The zero-order valence-electron chi connectivity index (χ0n) is 34.3. The molecule has 0 saturated carbocycles. The number of esters is 2. The molecule has 0 aromatic rings. The second kappa shape index (κ2) is 43.0. The molecule has 0 fully saturated rings. The molecule has 0 aliphatic heterocycles. The molecular weight excluding hydrogens is 645 g/mol. The second-order valence-electron chi connectivity index (χ2n) is 14.2. The first-order chi connectivity index (χ1) is 25.6. The van der Waals surface area contributed by atoms with E-state index in [1.54, 1.807) is 0 Å². The van der Waals surface area contributed by atoms with Gasteiger partial charge in [-0.25, -0.2) is 0 Å². The third-order valence-electron chi connectivity index (χ3n) is 9.02. The minimum Gasteiger partial charge on any atom is -0.462 e. The third-order valence-corrected chi connectivity index (χ3v) is 9.02. The van der Waals surface area contributed by atoms with E-state index in [9.17, 15) is 9.59 Å². The minimum absolute atomic E-state index is 0.0703. The smallest absolute Gasteiger partial charge is 0.306 e. The van der Waals surface area contributed by atoms with Crippen LogP contribution in [0.15, 0.2) is 60.8 Å². The lowest BCUT2D eigenvalue weighted by molar-refractivity contribution is -0.163. The first kappa shape index (κ1) is 49.6. The SMILES string of the molecule is CC/C=C\C/C=C\C/C=C\CCCCCCCC(=O)OCC(COCCCCCCCCCC)OC(=O)CCCCCCC/C=C\C/C=C\CCC. The van der Waals surface area contributed by atoms with Crippen molar-refractivity contribution < 1.29 is 23.8 Å². The van der Waals surface area contributed by atoms with Crippen LogP contribution in [0.4, 0.5) is 0 Å². The van der Waals surface area contributed by atoms with Crippen molar-refractivity contribution in [2.75, 3.05) is 19.8 Å². The summed E-state index contributed by atoms with van der Waals surface area (Å²) >= 11 is 0. The molecule has 1 unspecified atom stereocenters. The van der Waals surface area contributed by atoms with Gasteiger partial charge in [-0.3, -0.25) is 9.59 Å². The Morgan fingerprint density at radius 3 is 1.46 bits per heavy atom. The molecule has 0 aliphatic carbocycles. The van der Waals surface area contributed by atoms with Gasteiger partial charge in [0.05, 0.1) is 6.61 Å². The fourth-order valence-corrected chi connectivity index (χ4v) is 5.80. The predicted molar refractivity (Wildman–Crippen MR) is 224 cm³/mol. The molecule has 0 amide bonds. The molecule has 0 spiro atoms. The fraction of sp³-hybridized carbons (Fsp3) is 0.745. The van der Waals surface area contributed by atoms with Gasteiger partial charge in [-0.2, -0.15) is 0 Å². The van der Waals surface area contributed by atoms with Crippen molar-refractivity contribution in [2.45, 2.75) is 207 Å². The molecule has 0 bridgehead atoms. The second-order valence-corrected chi connectivity index (χ2v) is 14.2. The van der Waals surface area contributed by atoms with Gasteiger partial charge in [0.25, 0.3) is 0 Å². The van der Waals surface area contributed by atoms with E-state index < -0.39 is 6.10 Å². The van der Waals surface area contributed by atoms with Gasteiger partial charge in [-0.05, 0) is 77.0 Å². The quantitative estimate of drug-likeness (QED) is 0.0358. The Kier molecular flexibility index (Phi) is 41.0. The van der Waals surface area contributed by atoms with Gasteiger partial charge >= 0.3 is 11.9 Å². The standard InChI is InChI=1S/C47H82O5/c1-4-7-10-13-16-19-21-23-24-26-27-29-31-34-37-40-46(48)51-44-45(43-50-42-39-36-33-18-15-12-9-6-3)52-47(49)41-38-35-32-30-28-25-22-20-17-14-11-8-5-2/h7,10-11,14,16,19-20,22-24,45H,4-6,8-9,12-13,15,17-18,21,25-44H2,1-3H3/b10-7-,14-11-,19-16-,22-20-,24-23-. The van der Waals surface area contributed by atoms with Crippen LogP contribution in [0, 0.1) is 0 Å². The highest BCUT2D eigenvalue weighted by atomic mass is 16.6. The Bertz CT molecular complexity index is 915. The van der Waals surface area contributed by atoms with Crippen LogP contribution < -0.4 is 0 Å². The van der Waals surface area contributed by atoms with Gasteiger partial charge in [0.15, 0.2) is 6.10 Å². The first-order valence-electron chi connectivity index (χ1n) is 21.8. The Balaban J connectivity index is 4.26. The summed E-state index contributed by atoms with van der Waals surface area (Å²) in [6, 6.07) is 0. The molecule has 5 nitrogen and oxygen atoms in total. The van der Waals surface area contributed by atoms with Crippen molar-refractivity contribution in [3.63, 3.8) is 0 Å². The van der Waals surface area contributed by atoms with Crippen LogP contribution >= 0.6 is 0 Å². The van der Waals surface area contributed by atoms with E-state index in [0.717, 1.165) is 89.9 Å². The van der Waals surface area contributed by atoms with Crippen molar-refractivity contribution in [3.05, 3.63) is 60.8 Å². The lowest BCUT2D eigenvalue weighted by Crippen LogP contribution is -2.30. The van der Waals surface area contributed by atoms with Gasteiger partial charge in [0.1, 0.15) is 6.61 Å². The van der Waals surface area contributed by atoms with Crippen LogP contribution in [0.1, 0.15) is 201 Å². The summed E-state index contributed by atoms with van der Waals surface area (Å²) < 4.78 is 17.2. The van der Waals surface area contributed by atoms with E-state index >= 15 is 0 Å². The maximum Gasteiger partial charge on any atom is 0.306 e. The van der Waals surface area contributed by atoms with Crippen LogP contribution in [-0.4, -0.2) is 37.9 Å². The molecular formula is C47H82O5. The number of unbranched alkanes of at least 4 members (excludes halogenated alkanes) is 18. The fourth-order valence-electron chi connectivity index (χ4n) is 5.80. The highest BCUT2D eigenvalue weighted by Gasteiger charge is 2.17. The van der Waals surface area contributed by atoms with Crippen LogP contribution in [0.2, 0.25) is 0 Å². The summed E-state index contributed by atoms with van der Waals surface area (Å²) in [7, 11) is 0. The molecule has 0 radical (unpaired) electrons. The van der Waals surface area contributed by atoms with Crippen LogP contribution in [0.3, 0.4) is 0 Å². The average molecular weight is 727 g/mol. The zero-order valence-corrected chi connectivity index (χ0v) is 34.3. The highest BCUT2D eigenvalue weighted by molar-refractivity contribution is 5.70. The summed E-state index contributed by atoms with van der Waals surface area (Å²) in [6.07, 6.45) is 52.1. The molecule has 0 rings (SSSR count). The van der Waals surface area contributed by atoms with E-state index in [1.807, 2.05) is 0 Å². The third kappa shape index (κ3) is 40.4. The van der Waals surface area contributed by atoms with Gasteiger partial charge in [0.2, 0.25) is 0 Å². The Morgan fingerprint density at radius 1 is 0.442 bits per heavy atom. The maximum atomic E-state index is 12.7. The maximum absolute atomic E-state index is 12.7. The summed E-state index contributed by atoms with van der Waals surface area (Å²) in [5.74, 6) is -0.435. The monoisotopic (exact) mass is 727 g/mol. The van der Waals surface area contributed by atoms with Crippen LogP contribution in [0.5, 0.6) is 0 Å². The van der Waals surface area contributed by atoms with Crippen LogP contribution in [-0.2, 0) is 23.8 Å². The minimum atomic E-state index is -0.546. The number of rotatable bonds is 39. The number of carbonyl (C=O) groups is 2. The molecule has 0 aromatic carbocycles. The molecule has 0 aliphatic rings. The summed E-state index contributed by atoms with van der Waals surface area (Å²) in [5, 5.41) is 0.